The Kier molecular flexibility index (Phi) is 7.92. The number of nitrogens with one attached hydrogen (secondary N) is 2. The van der Waals surface area contributed by atoms with Crippen LogP contribution in [0.2, 0.25) is 0 Å². The van der Waals surface area contributed by atoms with Crippen LogP contribution in [-0.2, 0) is 0 Å². The Morgan fingerprint density at radius 2 is 2.26 bits per heavy atom. The van der Waals surface area contributed by atoms with Crippen molar-refractivity contribution in [1.82, 2.24) is 10.6 Å². The molecule has 1 aliphatic heterocycles. The zero-order valence-corrected chi connectivity index (χ0v) is 14.4. The Morgan fingerprint density at radius 1 is 1.48 bits per heavy atom. The predicted octanol–water partition coefficient (Wildman–Crippen LogP) is 2.55. The van der Waals surface area contributed by atoms with E-state index < -0.39 is 0 Å². The van der Waals surface area contributed by atoms with Gasteiger partial charge in [-0.15, -0.1) is 12.4 Å². The number of halogens is 1. The van der Waals surface area contributed by atoms with Gasteiger partial charge in [0.25, 0.3) is 5.91 Å². The summed E-state index contributed by atoms with van der Waals surface area (Å²) in [5.41, 5.74) is 0.570. The first-order valence-corrected chi connectivity index (χ1v) is 7.61. The van der Waals surface area contributed by atoms with Gasteiger partial charge in [-0.2, -0.15) is 0 Å². The van der Waals surface area contributed by atoms with Crippen LogP contribution in [0.25, 0.3) is 0 Å². The normalized spacial score (nSPS) is 20.1. The molecule has 0 aliphatic carbocycles. The number of rotatable bonds is 6. The van der Waals surface area contributed by atoms with Gasteiger partial charge in [-0.3, -0.25) is 4.79 Å². The van der Waals surface area contributed by atoms with E-state index in [9.17, 15) is 4.79 Å². The van der Waals surface area contributed by atoms with Crippen molar-refractivity contribution in [3.63, 3.8) is 0 Å². The van der Waals surface area contributed by atoms with Gasteiger partial charge in [-0.05, 0) is 44.5 Å². The lowest BCUT2D eigenvalue weighted by molar-refractivity contribution is 0.0919. The zero-order chi connectivity index (χ0) is 15.9. The fourth-order valence-electron chi connectivity index (χ4n) is 2.57. The number of piperidine rings is 1. The third-order valence-electron chi connectivity index (χ3n) is 3.86. The van der Waals surface area contributed by atoms with Crippen molar-refractivity contribution < 1.29 is 14.3 Å². The third-order valence-corrected chi connectivity index (χ3v) is 3.86. The molecule has 1 heterocycles. The van der Waals surface area contributed by atoms with E-state index in [0.29, 0.717) is 23.7 Å². The summed E-state index contributed by atoms with van der Waals surface area (Å²) >= 11 is 0. The number of benzene rings is 1. The lowest BCUT2D eigenvalue weighted by atomic mass is 9.99. The van der Waals surface area contributed by atoms with Crippen molar-refractivity contribution in [2.75, 3.05) is 20.3 Å². The molecule has 1 aliphatic rings. The molecule has 0 spiro atoms. The van der Waals surface area contributed by atoms with Gasteiger partial charge in [-0.1, -0.05) is 12.7 Å². The first kappa shape index (κ1) is 19.3. The first-order chi connectivity index (χ1) is 10.7. The number of carbonyl (C=O) groups excluding carboxylic acids is 1. The Bertz CT molecular complexity index is 537. The van der Waals surface area contributed by atoms with Gasteiger partial charge < -0.3 is 20.1 Å². The summed E-state index contributed by atoms with van der Waals surface area (Å²) in [6, 6.07) is 5.64. The van der Waals surface area contributed by atoms with Crippen molar-refractivity contribution in [2.45, 2.75) is 31.8 Å². The molecule has 23 heavy (non-hydrogen) atoms. The Balaban J connectivity index is 0.00000264. The second-order valence-electron chi connectivity index (χ2n) is 5.43. The minimum atomic E-state index is -0.0888. The van der Waals surface area contributed by atoms with Crippen LogP contribution in [0.3, 0.4) is 0 Å². The van der Waals surface area contributed by atoms with Gasteiger partial charge in [0, 0.05) is 17.6 Å². The molecule has 128 valence electrons. The predicted molar refractivity (Wildman–Crippen MR) is 93.9 cm³/mol. The van der Waals surface area contributed by atoms with Gasteiger partial charge in [0.1, 0.15) is 6.61 Å². The molecule has 2 N–H and O–H groups in total. The molecule has 1 amide bonds. The van der Waals surface area contributed by atoms with Crippen molar-refractivity contribution >= 4 is 18.3 Å². The smallest absolute Gasteiger partial charge is 0.251 e. The maximum absolute atomic E-state index is 12.4. The Morgan fingerprint density at radius 3 is 2.91 bits per heavy atom. The number of hydrogen-bond acceptors (Lipinski definition) is 4. The van der Waals surface area contributed by atoms with E-state index in [1.807, 2.05) is 0 Å². The molecule has 1 aromatic rings. The highest BCUT2D eigenvalue weighted by atomic mass is 35.5. The van der Waals surface area contributed by atoms with Crippen molar-refractivity contribution in [2.24, 2.45) is 0 Å². The number of ether oxygens (including phenoxy) is 2. The summed E-state index contributed by atoms with van der Waals surface area (Å²) in [6.45, 7) is 7.11. The van der Waals surface area contributed by atoms with E-state index in [1.165, 1.54) is 0 Å². The fraction of sp³-hybridized carbons (Fsp3) is 0.471. The lowest BCUT2D eigenvalue weighted by Crippen LogP contribution is -2.51. The van der Waals surface area contributed by atoms with E-state index in [-0.39, 0.29) is 30.4 Å². The third kappa shape index (κ3) is 5.15. The summed E-state index contributed by atoms with van der Waals surface area (Å²) < 4.78 is 10.8. The number of methoxy groups -OCH3 is 1. The zero-order valence-electron chi connectivity index (χ0n) is 13.6. The quantitative estimate of drug-likeness (QED) is 0.781. The molecule has 1 saturated heterocycles. The molecule has 0 aromatic heterocycles. The summed E-state index contributed by atoms with van der Waals surface area (Å²) in [6.07, 6.45) is 3.74. The second kappa shape index (κ2) is 9.43. The Labute approximate surface area is 143 Å². The maximum Gasteiger partial charge on any atom is 0.251 e. The molecule has 6 heteroatoms. The highest BCUT2D eigenvalue weighted by molar-refractivity contribution is 5.95. The average Bonchev–Trinajstić information content (AvgIpc) is 2.54. The van der Waals surface area contributed by atoms with E-state index in [1.54, 1.807) is 31.4 Å². The molecular formula is C17H25ClN2O3. The van der Waals surface area contributed by atoms with Crippen LogP contribution < -0.4 is 20.1 Å². The van der Waals surface area contributed by atoms with Crippen LogP contribution in [0.5, 0.6) is 11.5 Å². The minimum Gasteiger partial charge on any atom is -0.493 e. The van der Waals surface area contributed by atoms with Gasteiger partial charge >= 0.3 is 0 Å². The molecule has 2 unspecified atom stereocenters. The van der Waals surface area contributed by atoms with E-state index >= 15 is 0 Å². The topological polar surface area (TPSA) is 59.6 Å². The maximum atomic E-state index is 12.4. The lowest BCUT2D eigenvalue weighted by Gasteiger charge is -2.30. The summed E-state index contributed by atoms with van der Waals surface area (Å²) in [7, 11) is 1.56. The molecule has 0 radical (unpaired) electrons. The summed E-state index contributed by atoms with van der Waals surface area (Å²) in [5.74, 6) is 1.06. The first-order valence-electron chi connectivity index (χ1n) is 7.61. The van der Waals surface area contributed by atoms with Gasteiger partial charge in [0.15, 0.2) is 11.5 Å². The monoisotopic (exact) mass is 340 g/mol. The van der Waals surface area contributed by atoms with Crippen LogP contribution in [0.1, 0.15) is 30.1 Å². The van der Waals surface area contributed by atoms with Crippen LogP contribution in [0, 0.1) is 0 Å². The highest BCUT2D eigenvalue weighted by Gasteiger charge is 2.23. The molecular weight excluding hydrogens is 316 g/mol. The van der Waals surface area contributed by atoms with Crippen LogP contribution >= 0.6 is 12.4 Å². The Hall–Kier alpha value is -1.72. The molecule has 0 bridgehead atoms. The molecule has 1 fully saturated rings. The van der Waals surface area contributed by atoms with E-state index in [0.717, 1.165) is 19.4 Å². The van der Waals surface area contributed by atoms with Crippen LogP contribution in [-0.4, -0.2) is 38.3 Å². The van der Waals surface area contributed by atoms with Crippen LogP contribution in [0.4, 0.5) is 0 Å². The largest absolute Gasteiger partial charge is 0.493 e. The molecule has 2 atom stereocenters. The molecule has 2 rings (SSSR count). The standard InChI is InChI=1S/C17H24N2O3.ClH/c1-4-10-22-15-8-7-13(11-16(15)21-3)17(20)19-14-6-5-9-18-12(14)2;/h4,7-8,11-12,14,18H,1,5-6,9-10H2,2-3H3,(H,19,20);1H. The van der Waals surface area contributed by atoms with E-state index in [4.69, 9.17) is 9.47 Å². The number of hydrogen-bond donors (Lipinski definition) is 2. The SMILES string of the molecule is C=CCOc1ccc(C(=O)NC2CCCNC2C)cc1OC.Cl. The van der Waals surface area contributed by atoms with Crippen LogP contribution in [0.15, 0.2) is 30.9 Å². The second-order valence-corrected chi connectivity index (χ2v) is 5.43. The van der Waals surface area contributed by atoms with E-state index in [2.05, 4.69) is 24.1 Å². The highest BCUT2D eigenvalue weighted by Crippen LogP contribution is 2.28. The van der Waals surface area contributed by atoms with Gasteiger partial charge in [0.05, 0.1) is 7.11 Å². The molecule has 1 aromatic carbocycles. The summed E-state index contributed by atoms with van der Waals surface area (Å²) in [4.78, 5) is 12.4. The minimum absolute atomic E-state index is 0. The number of amides is 1. The van der Waals surface area contributed by atoms with Gasteiger partial charge in [0.2, 0.25) is 0 Å². The average molecular weight is 341 g/mol. The van der Waals surface area contributed by atoms with Crippen molar-refractivity contribution in [1.29, 1.82) is 0 Å². The fourth-order valence-corrected chi connectivity index (χ4v) is 2.57. The van der Waals surface area contributed by atoms with Crippen molar-refractivity contribution in [3.8, 4) is 11.5 Å². The molecule has 0 saturated carbocycles. The summed E-state index contributed by atoms with van der Waals surface area (Å²) in [5, 5.41) is 6.46. The van der Waals surface area contributed by atoms with Crippen molar-refractivity contribution in [3.05, 3.63) is 36.4 Å². The van der Waals surface area contributed by atoms with Gasteiger partial charge in [-0.25, -0.2) is 0 Å². The number of carbonyl (C=O) groups is 1. The molecule has 5 nitrogen and oxygen atoms in total.